The van der Waals surface area contributed by atoms with Gasteiger partial charge in [0.1, 0.15) is 5.52 Å². The molecule has 17 heavy (non-hydrogen) atoms. The van der Waals surface area contributed by atoms with Crippen molar-refractivity contribution in [3.63, 3.8) is 0 Å². The zero-order valence-corrected chi connectivity index (χ0v) is 9.43. The summed E-state index contributed by atoms with van der Waals surface area (Å²) in [4.78, 5) is 4.08. The number of hydrogen-bond acceptors (Lipinski definition) is 5. The molecule has 90 valence electrons. The standard InChI is InChI=1S/C12H15N3O2/c13-12(10-6-16-4-3-14-10)8-1-2-9-11(5-8)17-7-15-9/h1-2,5,7,10,12,14H,3-4,6,13H2. The van der Waals surface area contributed by atoms with Crippen LogP contribution in [0.25, 0.3) is 11.1 Å². The highest BCUT2D eigenvalue weighted by molar-refractivity contribution is 5.72. The molecule has 5 heteroatoms. The van der Waals surface area contributed by atoms with Crippen molar-refractivity contribution in [2.24, 2.45) is 5.73 Å². The maximum Gasteiger partial charge on any atom is 0.181 e. The first-order valence-corrected chi connectivity index (χ1v) is 5.74. The lowest BCUT2D eigenvalue weighted by molar-refractivity contribution is 0.0685. The SMILES string of the molecule is NC(c1ccc2ncoc2c1)C1COCCN1. The van der Waals surface area contributed by atoms with Crippen LogP contribution in [-0.2, 0) is 4.74 Å². The molecule has 0 spiro atoms. The van der Waals surface area contributed by atoms with E-state index in [9.17, 15) is 0 Å². The van der Waals surface area contributed by atoms with Gasteiger partial charge >= 0.3 is 0 Å². The second-order valence-corrected chi connectivity index (χ2v) is 4.24. The Labute approximate surface area is 98.9 Å². The molecule has 1 aromatic heterocycles. The molecule has 2 aromatic rings. The Morgan fingerprint density at radius 2 is 2.41 bits per heavy atom. The molecule has 0 saturated carbocycles. The van der Waals surface area contributed by atoms with Crippen molar-refractivity contribution < 1.29 is 9.15 Å². The molecule has 1 aliphatic rings. The average Bonchev–Trinajstić information content (AvgIpc) is 2.86. The van der Waals surface area contributed by atoms with E-state index in [1.54, 1.807) is 0 Å². The van der Waals surface area contributed by atoms with E-state index >= 15 is 0 Å². The highest BCUT2D eigenvalue weighted by atomic mass is 16.5. The number of benzene rings is 1. The van der Waals surface area contributed by atoms with Gasteiger partial charge in [-0.15, -0.1) is 0 Å². The fourth-order valence-electron chi connectivity index (χ4n) is 2.13. The summed E-state index contributed by atoms with van der Waals surface area (Å²) >= 11 is 0. The van der Waals surface area contributed by atoms with Crippen LogP contribution >= 0.6 is 0 Å². The summed E-state index contributed by atoms with van der Waals surface area (Å²) in [7, 11) is 0. The van der Waals surface area contributed by atoms with Crippen LogP contribution in [0.5, 0.6) is 0 Å². The highest BCUT2D eigenvalue weighted by Crippen LogP contribution is 2.21. The highest BCUT2D eigenvalue weighted by Gasteiger charge is 2.22. The molecule has 0 aliphatic carbocycles. The smallest absolute Gasteiger partial charge is 0.181 e. The van der Waals surface area contributed by atoms with Gasteiger partial charge in [-0.25, -0.2) is 4.98 Å². The van der Waals surface area contributed by atoms with Gasteiger partial charge < -0.3 is 20.2 Å². The van der Waals surface area contributed by atoms with Crippen LogP contribution in [0.3, 0.4) is 0 Å². The molecule has 0 radical (unpaired) electrons. The Kier molecular flexibility index (Phi) is 2.80. The van der Waals surface area contributed by atoms with E-state index in [0.29, 0.717) is 6.61 Å². The van der Waals surface area contributed by atoms with Gasteiger partial charge in [0.25, 0.3) is 0 Å². The molecule has 1 fully saturated rings. The number of hydrogen-bond donors (Lipinski definition) is 2. The molecule has 3 N–H and O–H groups in total. The number of rotatable bonds is 2. The number of oxazole rings is 1. The van der Waals surface area contributed by atoms with E-state index in [0.717, 1.165) is 29.8 Å². The number of nitrogens with two attached hydrogens (primary N) is 1. The molecule has 2 atom stereocenters. The summed E-state index contributed by atoms with van der Waals surface area (Å²) in [6.07, 6.45) is 1.45. The normalized spacial score (nSPS) is 22.8. The Morgan fingerprint density at radius 1 is 1.47 bits per heavy atom. The third kappa shape index (κ3) is 2.04. The second kappa shape index (κ2) is 4.44. The average molecular weight is 233 g/mol. The largest absolute Gasteiger partial charge is 0.443 e. The van der Waals surface area contributed by atoms with Gasteiger partial charge in [0.15, 0.2) is 12.0 Å². The second-order valence-electron chi connectivity index (χ2n) is 4.24. The van der Waals surface area contributed by atoms with Crippen molar-refractivity contribution in [3.05, 3.63) is 30.2 Å². The first-order chi connectivity index (χ1) is 8.34. The topological polar surface area (TPSA) is 73.3 Å². The van der Waals surface area contributed by atoms with Crippen molar-refractivity contribution >= 4 is 11.1 Å². The predicted octanol–water partition coefficient (Wildman–Crippen LogP) is 0.816. The minimum atomic E-state index is -0.0928. The summed E-state index contributed by atoms with van der Waals surface area (Å²) in [5.74, 6) is 0. The first kappa shape index (κ1) is 10.7. The van der Waals surface area contributed by atoms with Crippen LogP contribution < -0.4 is 11.1 Å². The van der Waals surface area contributed by atoms with Crippen LogP contribution in [-0.4, -0.2) is 30.8 Å². The lowest BCUT2D eigenvalue weighted by atomic mass is 10.00. The van der Waals surface area contributed by atoms with Gasteiger partial charge in [-0.1, -0.05) is 6.07 Å². The molecule has 2 heterocycles. The van der Waals surface area contributed by atoms with Gasteiger partial charge in [0.2, 0.25) is 0 Å². The predicted molar refractivity (Wildman–Crippen MR) is 63.5 cm³/mol. The van der Waals surface area contributed by atoms with Crippen LogP contribution in [0.1, 0.15) is 11.6 Å². The van der Waals surface area contributed by atoms with Crippen molar-refractivity contribution in [2.45, 2.75) is 12.1 Å². The Morgan fingerprint density at radius 3 is 3.24 bits per heavy atom. The van der Waals surface area contributed by atoms with E-state index in [1.165, 1.54) is 6.39 Å². The third-order valence-electron chi connectivity index (χ3n) is 3.12. The number of morpholine rings is 1. The van der Waals surface area contributed by atoms with E-state index in [2.05, 4.69) is 10.3 Å². The summed E-state index contributed by atoms with van der Waals surface area (Å²) in [5, 5.41) is 3.36. The molecular weight excluding hydrogens is 218 g/mol. The Hall–Kier alpha value is -1.43. The molecule has 1 saturated heterocycles. The van der Waals surface area contributed by atoms with E-state index in [-0.39, 0.29) is 12.1 Å². The summed E-state index contributed by atoms with van der Waals surface area (Å²) in [6.45, 7) is 2.25. The molecule has 1 aliphatic heterocycles. The monoisotopic (exact) mass is 233 g/mol. The number of aromatic nitrogens is 1. The Balaban J connectivity index is 1.86. The number of nitrogens with zero attached hydrogens (tertiary/aromatic N) is 1. The summed E-state index contributed by atoms with van der Waals surface area (Å²) < 4.78 is 10.7. The summed E-state index contributed by atoms with van der Waals surface area (Å²) in [5.41, 5.74) is 8.89. The molecular formula is C12H15N3O2. The molecule has 5 nitrogen and oxygen atoms in total. The molecule has 0 bridgehead atoms. The van der Waals surface area contributed by atoms with Crippen molar-refractivity contribution in [3.8, 4) is 0 Å². The number of ether oxygens (including phenoxy) is 1. The minimum absolute atomic E-state index is 0.0928. The number of nitrogens with one attached hydrogen (secondary N) is 1. The lowest BCUT2D eigenvalue weighted by Crippen LogP contribution is -2.47. The maximum absolute atomic E-state index is 6.22. The maximum atomic E-state index is 6.22. The van der Waals surface area contributed by atoms with Gasteiger partial charge in [0.05, 0.1) is 13.2 Å². The lowest BCUT2D eigenvalue weighted by Gasteiger charge is -2.29. The van der Waals surface area contributed by atoms with Crippen molar-refractivity contribution in [2.75, 3.05) is 19.8 Å². The quantitative estimate of drug-likeness (QED) is 0.803. The van der Waals surface area contributed by atoms with Crippen LogP contribution in [0, 0.1) is 0 Å². The number of fused-ring (bicyclic) bond motifs is 1. The zero-order valence-electron chi connectivity index (χ0n) is 9.43. The molecule has 3 rings (SSSR count). The fourth-order valence-corrected chi connectivity index (χ4v) is 2.13. The van der Waals surface area contributed by atoms with Crippen molar-refractivity contribution in [1.82, 2.24) is 10.3 Å². The summed E-state index contributed by atoms with van der Waals surface area (Å²) in [6, 6.07) is 5.93. The van der Waals surface area contributed by atoms with Crippen LogP contribution in [0.2, 0.25) is 0 Å². The van der Waals surface area contributed by atoms with Gasteiger partial charge in [0, 0.05) is 18.6 Å². The molecule has 0 amide bonds. The Bertz CT molecular complexity index is 505. The van der Waals surface area contributed by atoms with Gasteiger partial charge in [-0.05, 0) is 17.7 Å². The fraction of sp³-hybridized carbons (Fsp3) is 0.417. The third-order valence-corrected chi connectivity index (χ3v) is 3.12. The van der Waals surface area contributed by atoms with E-state index in [1.807, 2.05) is 18.2 Å². The van der Waals surface area contributed by atoms with E-state index < -0.39 is 0 Å². The molecule has 2 unspecified atom stereocenters. The van der Waals surface area contributed by atoms with Crippen LogP contribution in [0.15, 0.2) is 29.0 Å². The molecule has 1 aromatic carbocycles. The van der Waals surface area contributed by atoms with Crippen LogP contribution in [0.4, 0.5) is 0 Å². The minimum Gasteiger partial charge on any atom is -0.443 e. The van der Waals surface area contributed by atoms with E-state index in [4.69, 9.17) is 14.9 Å². The zero-order chi connectivity index (χ0) is 11.7. The first-order valence-electron chi connectivity index (χ1n) is 5.74. The van der Waals surface area contributed by atoms with Gasteiger partial charge in [-0.2, -0.15) is 0 Å². The van der Waals surface area contributed by atoms with Gasteiger partial charge in [-0.3, -0.25) is 0 Å². The van der Waals surface area contributed by atoms with Crippen molar-refractivity contribution in [1.29, 1.82) is 0 Å².